The van der Waals surface area contributed by atoms with E-state index in [1.165, 1.54) is 0 Å². The Balaban J connectivity index is 2.21. The van der Waals surface area contributed by atoms with E-state index in [4.69, 9.17) is 9.84 Å². The van der Waals surface area contributed by atoms with Gasteiger partial charge in [-0.1, -0.05) is 6.92 Å². The smallest absolute Gasteiger partial charge is 0.0619 e. The summed E-state index contributed by atoms with van der Waals surface area (Å²) in [6, 6.07) is 0.754. The molecule has 2 unspecified atom stereocenters. The molecular formula is C11H24N2O2. The van der Waals surface area contributed by atoms with Gasteiger partial charge in [0, 0.05) is 25.2 Å². The van der Waals surface area contributed by atoms with Crippen LogP contribution in [0.2, 0.25) is 0 Å². The molecule has 1 heterocycles. The average Bonchev–Trinajstić information content (AvgIpc) is 2.26. The van der Waals surface area contributed by atoms with Crippen molar-refractivity contribution in [2.24, 2.45) is 0 Å². The van der Waals surface area contributed by atoms with Crippen LogP contribution in [0.3, 0.4) is 0 Å². The third kappa shape index (κ3) is 4.47. The molecule has 1 fully saturated rings. The molecule has 1 rings (SSSR count). The topological polar surface area (TPSA) is 44.7 Å². The minimum atomic E-state index is 0.229. The Morgan fingerprint density at radius 1 is 1.60 bits per heavy atom. The second-order valence-corrected chi connectivity index (χ2v) is 4.19. The van der Waals surface area contributed by atoms with Crippen molar-refractivity contribution in [2.45, 2.75) is 32.4 Å². The summed E-state index contributed by atoms with van der Waals surface area (Å²) in [7, 11) is 0. The van der Waals surface area contributed by atoms with Crippen LogP contribution in [0.25, 0.3) is 0 Å². The first-order chi connectivity index (χ1) is 7.27. The number of aliphatic hydroxyl groups excluding tert-OH is 1. The number of nitrogens with one attached hydrogen (secondary N) is 1. The summed E-state index contributed by atoms with van der Waals surface area (Å²) in [5.41, 5.74) is 0. The van der Waals surface area contributed by atoms with Crippen LogP contribution in [-0.2, 0) is 4.74 Å². The van der Waals surface area contributed by atoms with Gasteiger partial charge in [-0.25, -0.2) is 0 Å². The number of likely N-dealkylation sites (N-methyl/N-ethyl adjacent to an activating group) is 1. The Kier molecular flexibility index (Phi) is 6.17. The largest absolute Gasteiger partial charge is 0.395 e. The van der Waals surface area contributed by atoms with Crippen molar-refractivity contribution in [1.29, 1.82) is 0 Å². The molecule has 0 saturated carbocycles. The summed E-state index contributed by atoms with van der Waals surface area (Å²) in [5.74, 6) is 0. The molecule has 1 saturated heterocycles. The highest BCUT2D eigenvalue weighted by molar-refractivity contribution is 4.74. The molecule has 0 aromatic carbocycles. The van der Waals surface area contributed by atoms with Crippen molar-refractivity contribution in [1.82, 2.24) is 10.2 Å². The van der Waals surface area contributed by atoms with Crippen LogP contribution in [-0.4, -0.2) is 61.5 Å². The molecule has 0 aromatic heterocycles. The van der Waals surface area contributed by atoms with E-state index >= 15 is 0 Å². The quantitative estimate of drug-likeness (QED) is 0.659. The SMILES string of the molecule is CCNC(CO)CCN1CCOCC1C. The lowest BCUT2D eigenvalue weighted by molar-refractivity contribution is -0.00250. The summed E-state index contributed by atoms with van der Waals surface area (Å²) in [4.78, 5) is 2.43. The predicted molar refractivity (Wildman–Crippen MR) is 61.0 cm³/mol. The first-order valence-corrected chi connectivity index (χ1v) is 5.94. The second kappa shape index (κ2) is 7.17. The number of morpholine rings is 1. The van der Waals surface area contributed by atoms with Gasteiger partial charge in [-0.05, 0) is 19.9 Å². The molecule has 0 bridgehead atoms. The van der Waals surface area contributed by atoms with Crippen LogP contribution < -0.4 is 5.32 Å². The van der Waals surface area contributed by atoms with Crippen LogP contribution in [0.5, 0.6) is 0 Å². The molecule has 90 valence electrons. The van der Waals surface area contributed by atoms with Crippen molar-refractivity contribution in [3.63, 3.8) is 0 Å². The van der Waals surface area contributed by atoms with Gasteiger partial charge in [0.2, 0.25) is 0 Å². The van der Waals surface area contributed by atoms with Crippen molar-refractivity contribution >= 4 is 0 Å². The molecule has 2 N–H and O–H groups in total. The van der Waals surface area contributed by atoms with Gasteiger partial charge in [-0.15, -0.1) is 0 Å². The van der Waals surface area contributed by atoms with Crippen molar-refractivity contribution < 1.29 is 9.84 Å². The summed E-state index contributed by atoms with van der Waals surface area (Å²) in [6.45, 7) is 9.16. The molecule has 0 spiro atoms. The number of nitrogens with zero attached hydrogens (tertiary/aromatic N) is 1. The van der Waals surface area contributed by atoms with E-state index in [9.17, 15) is 0 Å². The fraction of sp³-hybridized carbons (Fsp3) is 1.00. The molecule has 0 amide bonds. The van der Waals surface area contributed by atoms with Crippen molar-refractivity contribution in [2.75, 3.05) is 39.5 Å². The molecule has 1 aliphatic heterocycles. The van der Waals surface area contributed by atoms with Crippen LogP contribution in [0.4, 0.5) is 0 Å². The van der Waals surface area contributed by atoms with Gasteiger partial charge in [0.1, 0.15) is 0 Å². The van der Waals surface area contributed by atoms with Gasteiger partial charge >= 0.3 is 0 Å². The third-order valence-electron chi connectivity index (χ3n) is 2.98. The van der Waals surface area contributed by atoms with Gasteiger partial charge in [-0.3, -0.25) is 4.90 Å². The maximum atomic E-state index is 9.15. The van der Waals surface area contributed by atoms with E-state index in [0.717, 1.165) is 39.3 Å². The highest BCUT2D eigenvalue weighted by atomic mass is 16.5. The molecule has 2 atom stereocenters. The van der Waals surface area contributed by atoms with Crippen molar-refractivity contribution in [3.05, 3.63) is 0 Å². The molecule has 4 heteroatoms. The third-order valence-corrected chi connectivity index (χ3v) is 2.98. The van der Waals surface area contributed by atoms with Gasteiger partial charge in [0.05, 0.1) is 19.8 Å². The summed E-state index contributed by atoms with van der Waals surface area (Å²) in [6.07, 6.45) is 1.01. The summed E-state index contributed by atoms with van der Waals surface area (Å²) >= 11 is 0. The zero-order valence-corrected chi connectivity index (χ0v) is 9.91. The molecule has 0 radical (unpaired) electrons. The van der Waals surface area contributed by atoms with E-state index in [1.807, 2.05) is 0 Å². The fourth-order valence-electron chi connectivity index (χ4n) is 1.96. The molecule has 1 aliphatic rings. The monoisotopic (exact) mass is 216 g/mol. The van der Waals surface area contributed by atoms with E-state index in [2.05, 4.69) is 24.1 Å². The number of aliphatic hydroxyl groups is 1. The summed E-state index contributed by atoms with van der Waals surface area (Å²) < 4.78 is 5.39. The summed E-state index contributed by atoms with van der Waals surface area (Å²) in [5, 5.41) is 12.4. The Hall–Kier alpha value is -0.160. The predicted octanol–water partition coefficient (Wildman–Crippen LogP) is 0.0676. The average molecular weight is 216 g/mol. The van der Waals surface area contributed by atoms with E-state index in [0.29, 0.717) is 6.04 Å². The number of hydrogen-bond donors (Lipinski definition) is 2. The zero-order valence-electron chi connectivity index (χ0n) is 9.91. The molecule has 4 nitrogen and oxygen atoms in total. The molecule has 0 aromatic rings. The van der Waals surface area contributed by atoms with Gasteiger partial charge in [-0.2, -0.15) is 0 Å². The van der Waals surface area contributed by atoms with E-state index in [-0.39, 0.29) is 12.6 Å². The normalized spacial score (nSPS) is 25.4. The van der Waals surface area contributed by atoms with Crippen molar-refractivity contribution in [3.8, 4) is 0 Å². The highest BCUT2D eigenvalue weighted by Crippen LogP contribution is 2.07. The fourth-order valence-corrected chi connectivity index (χ4v) is 1.96. The molecule has 0 aliphatic carbocycles. The number of hydrogen-bond acceptors (Lipinski definition) is 4. The molecular weight excluding hydrogens is 192 g/mol. The second-order valence-electron chi connectivity index (χ2n) is 4.19. The molecule has 15 heavy (non-hydrogen) atoms. The first-order valence-electron chi connectivity index (χ1n) is 5.94. The van der Waals surface area contributed by atoms with E-state index < -0.39 is 0 Å². The van der Waals surface area contributed by atoms with Crippen LogP contribution in [0.1, 0.15) is 20.3 Å². The minimum Gasteiger partial charge on any atom is -0.395 e. The maximum Gasteiger partial charge on any atom is 0.0619 e. The first kappa shape index (κ1) is 12.9. The number of rotatable bonds is 6. The van der Waals surface area contributed by atoms with Crippen LogP contribution in [0.15, 0.2) is 0 Å². The standard InChI is InChI=1S/C11H24N2O2/c1-3-12-11(8-14)4-5-13-6-7-15-9-10(13)2/h10-12,14H,3-9H2,1-2H3. The number of ether oxygens (including phenoxy) is 1. The van der Waals surface area contributed by atoms with Gasteiger partial charge in [0.15, 0.2) is 0 Å². The van der Waals surface area contributed by atoms with Crippen LogP contribution in [0, 0.1) is 0 Å². The zero-order chi connectivity index (χ0) is 11.1. The lowest BCUT2D eigenvalue weighted by Gasteiger charge is -2.34. The highest BCUT2D eigenvalue weighted by Gasteiger charge is 2.19. The minimum absolute atomic E-state index is 0.229. The lowest BCUT2D eigenvalue weighted by atomic mass is 10.1. The Morgan fingerprint density at radius 2 is 2.40 bits per heavy atom. The van der Waals surface area contributed by atoms with E-state index in [1.54, 1.807) is 0 Å². The Labute approximate surface area is 92.6 Å². The Morgan fingerprint density at radius 3 is 3.00 bits per heavy atom. The lowest BCUT2D eigenvalue weighted by Crippen LogP contribution is -2.46. The maximum absolute atomic E-state index is 9.15. The van der Waals surface area contributed by atoms with Gasteiger partial charge < -0.3 is 15.2 Å². The van der Waals surface area contributed by atoms with Crippen LogP contribution >= 0.6 is 0 Å². The Bertz CT molecular complexity index is 167. The van der Waals surface area contributed by atoms with Gasteiger partial charge in [0.25, 0.3) is 0 Å².